The molecular formula is C12H14BrNO3. The fourth-order valence-corrected chi connectivity index (χ4v) is 1.61. The van der Waals surface area contributed by atoms with Gasteiger partial charge in [-0.2, -0.15) is 0 Å². The standard InChI is InChI=1S/C12H14BrNO3/c1-2-17-12(16)10-5-3-4-8(11(10)14)6-9(15)7-13/h3-5H,2,6-7,14H2,1H3. The zero-order chi connectivity index (χ0) is 12.8. The van der Waals surface area contributed by atoms with Crippen molar-refractivity contribution < 1.29 is 14.3 Å². The molecule has 0 unspecified atom stereocenters. The van der Waals surface area contributed by atoms with Crippen LogP contribution in [0.1, 0.15) is 22.8 Å². The van der Waals surface area contributed by atoms with Gasteiger partial charge in [0, 0.05) is 12.1 Å². The SMILES string of the molecule is CCOC(=O)c1cccc(CC(=O)CBr)c1N. The first-order valence-electron chi connectivity index (χ1n) is 5.22. The molecule has 1 aromatic rings. The van der Waals surface area contributed by atoms with Gasteiger partial charge in [-0.05, 0) is 18.6 Å². The smallest absolute Gasteiger partial charge is 0.340 e. The molecule has 0 aliphatic carbocycles. The van der Waals surface area contributed by atoms with Crippen molar-refractivity contribution in [3.05, 3.63) is 29.3 Å². The molecular weight excluding hydrogens is 286 g/mol. The van der Waals surface area contributed by atoms with Gasteiger partial charge in [0.2, 0.25) is 0 Å². The second kappa shape index (κ2) is 6.39. The van der Waals surface area contributed by atoms with Crippen molar-refractivity contribution in [1.29, 1.82) is 0 Å². The van der Waals surface area contributed by atoms with E-state index in [0.29, 0.717) is 23.4 Å². The van der Waals surface area contributed by atoms with Gasteiger partial charge in [-0.1, -0.05) is 28.1 Å². The van der Waals surface area contributed by atoms with Gasteiger partial charge in [-0.25, -0.2) is 4.79 Å². The highest BCUT2D eigenvalue weighted by Gasteiger charge is 2.14. The van der Waals surface area contributed by atoms with Crippen molar-refractivity contribution >= 4 is 33.4 Å². The van der Waals surface area contributed by atoms with Crippen LogP contribution in [0.4, 0.5) is 5.69 Å². The number of nitrogen functional groups attached to an aromatic ring is 1. The van der Waals surface area contributed by atoms with E-state index in [4.69, 9.17) is 10.5 Å². The number of anilines is 1. The number of carbonyl (C=O) groups excluding carboxylic acids is 2. The Balaban J connectivity index is 2.98. The zero-order valence-electron chi connectivity index (χ0n) is 9.53. The zero-order valence-corrected chi connectivity index (χ0v) is 11.1. The second-order valence-electron chi connectivity index (χ2n) is 3.45. The third-order valence-electron chi connectivity index (χ3n) is 2.23. The Labute approximate surface area is 108 Å². The van der Waals surface area contributed by atoms with Gasteiger partial charge in [0.15, 0.2) is 0 Å². The fraction of sp³-hybridized carbons (Fsp3) is 0.333. The molecule has 0 heterocycles. The first kappa shape index (κ1) is 13.7. The number of hydrogen-bond acceptors (Lipinski definition) is 4. The van der Waals surface area contributed by atoms with Crippen molar-refractivity contribution in [3.63, 3.8) is 0 Å². The molecule has 0 saturated heterocycles. The number of alkyl halides is 1. The maximum Gasteiger partial charge on any atom is 0.340 e. The molecule has 0 aliphatic heterocycles. The van der Waals surface area contributed by atoms with Crippen LogP contribution in [0.3, 0.4) is 0 Å². The largest absolute Gasteiger partial charge is 0.462 e. The Morgan fingerprint density at radius 2 is 2.12 bits per heavy atom. The first-order chi connectivity index (χ1) is 8.10. The topological polar surface area (TPSA) is 69.4 Å². The van der Waals surface area contributed by atoms with E-state index in [2.05, 4.69) is 15.9 Å². The molecule has 0 fully saturated rings. The molecule has 5 heteroatoms. The number of carbonyl (C=O) groups is 2. The van der Waals surface area contributed by atoms with Crippen molar-refractivity contribution in [2.75, 3.05) is 17.7 Å². The van der Waals surface area contributed by atoms with Crippen molar-refractivity contribution in [2.45, 2.75) is 13.3 Å². The summed E-state index contributed by atoms with van der Waals surface area (Å²) in [4.78, 5) is 22.9. The monoisotopic (exact) mass is 299 g/mol. The normalized spacial score (nSPS) is 10.0. The summed E-state index contributed by atoms with van der Waals surface area (Å²) in [6.07, 6.45) is 0.213. The van der Waals surface area contributed by atoms with Crippen molar-refractivity contribution in [3.8, 4) is 0 Å². The highest BCUT2D eigenvalue weighted by Crippen LogP contribution is 2.19. The predicted molar refractivity (Wildman–Crippen MR) is 69.3 cm³/mol. The van der Waals surface area contributed by atoms with Gasteiger partial charge >= 0.3 is 5.97 Å². The van der Waals surface area contributed by atoms with Crippen LogP contribution in [0.15, 0.2) is 18.2 Å². The number of ether oxygens (including phenoxy) is 1. The third-order valence-corrected chi connectivity index (χ3v) is 2.85. The number of Topliss-reactive ketones (excluding diaryl/α,β-unsaturated/α-hetero) is 1. The van der Waals surface area contributed by atoms with Crippen molar-refractivity contribution in [2.24, 2.45) is 0 Å². The average molecular weight is 300 g/mol. The summed E-state index contributed by atoms with van der Waals surface area (Å²) < 4.78 is 4.88. The lowest BCUT2D eigenvalue weighted by atomic mass is 10.0. The maximum atomic E-state index is 11.6. The van der Waals surface area contributed by atoms with Crippen LogP contribution in [-0.4, -0.2) is 23.7 Å². The van der Waals surface area contributed by atoms with Crippen LogP contribution in [0.2, 0.25) is 0 Å². The quantitative estimate of drug-likeness (QED) is 0.512. The molecule has 1 rings (SSSR count). The predicted octanol–water partition coefficient (Wildman–Crippen LogP) is 1.95. The average Bonchev–Trinajstić information content (AvgIpc) is 2.32. The minimum absolute atomic E-state index is 0.0118. The van der Waals surface area contributed by atoms with Crippen molar-refractivity contribution in [1.82, 2.24) is 0 Å². The van der Waals surface area contributed by atoms with Crippen LogP contribution in [0, 0.1) is 0 Å². The molecule has 2 N–H and O–H groups in total. The summed E-state index contributed by atoms with van der Waals surface area (Å²) in [5.41, 5.74) is 7.13. The Morgan fingerprint density at radius 3 is 2.71 bits per heavy atom. The van der Waals surface area contributed by atoms with E-state index >= 15 is 0 Å². The number of rotatable bonds is 5. The molecule has 1 aromatic carbocycles. The molecule has 0 amide bonds. The van der Waals surface area contributed by atoms with Gasteiger partial charge in [0.25, 0.3) is 0 Å². The van der Waals surface area contributed by atoms with Gasteiger partial charge in [0.05, 0.1) is 17.5 Å². The summed E-state index contributed by atoms with van der Waals surface area (Å²) in [5.74, 6) is -0.448. The Hall–Kier alpha value is -1.36. The third kappa shape index (κ3) is 3.56. The molecule has 0 radical (unpaired) electrons. The number of benzene rings is 1. The minimum atomic E-state index is -0.460. The highest BCUT2D eigenvalue weighted by atomic mass is 79.9. The van der Waals surface area contributed by atoms with Gasteiger partial charge in [-0.15, -0.1) is 0 Å². The van der Waals surface area contributed by atoms with Gasteiger partial charge < -0.3 is 10.5 Å². The van der Waals surface area contributed by atoms with Gasteiger partial charge in [0.1, 0.15) is 5.78 Å². The second-order valence-corrected chi connectivity index (χ2v) is 4.01. The molecule has 0 aliphatic rings. The van der Waals surface area contributed by atoms with E-state index in [9.17, 15) is 9.59 Å². The fourth-order valence-electron chi connectivity index (χ4n) is 1.41. The Morgan fingerprint density at radius 1 is 1.41 bits per heavy atom. The molecule has 0 aromatic heterocycles. The minimum Gasteiger partial charge on any atom is -0.462 e. The van der Waals surface area contributed by atoms with Crippen LogP contribution in [0.25, 0.3) is 0 Å². The number of halogens is 1. The highest BCUT2D eigenvalue weighted by molar-refractivity contribution is 9.09. The van der Waals surface area contributed by atoms with E-state index in [1.165, 1.54) is 0 Å². The number of ketones is 1. The number of hydrogen-bond donors (Lipinski definition) is 1. The molecule has 0 saturated carbocycles. The van der Waals surface area contributed by atoms with Crippen LogP contribution >= 0.6 is 15.9 Å². The number of esters is 1. The number of para-hydroxylation sites is 1. The molecule has 0 bridgehead atoms. The van der Waals surface area contributed by atoms with Crippen LogP contribution in [-0.2, 0) is 16.0 Å². The summed E-state index contributed by atoms with van der Waals surface area (Å²) in [6, 6.07) is 5.02. The van der Waals surface area contributed by atoms with E-state index in [1.807, 2.05) is 0 Å². The van der Waals surface area contributed by atoms with Crippen LogP contribution in [0.5, 0.6) is 0 Å². The van der Waals surface area contributed by atoms with Gasteiger partial charge in [-0.3, -0.25) is 4.79 Å². The Kier molecular flexibility index (Phi) is 5.15. The van der Waals surface area contributed by atoms with E-state index in [-0.39, 0.29) is 17.5 Å². The van der Waals surface area contributed by atoms with E-state index < -0.39 is 5.97 Å². The van der Waals surface area contributed by atoms with Crippen LogP contribution < -0.4 is 5.73 Å². The lowest BCUT2D eigenvalue weighted by Gasteiger charge is -2.09. The molecule has 92 valence electrons. The first-order valence-corrected chi connectivity index (χ1v) is 6.34. The molecule has 0 atom stereocenters. The molecule has 4 nitrogen and oxygen atoms in total. The molecule has 0 spiro atoms. The molecule has 17 heavy (non-hydrogen) atoms. The number of nitrogens with two attached hydrogens (primary N) is 1. The maximum absolute atomic E-state index is 11.6. The summed E-state index contributed by atoms with van der Waals surface area (Å²) in [7, 11) is 0. The Bertz CT molecular complexity index is 432. The van der Waals surface area contributed by atoms with E-state index in [1.54, 1.807) is 25.1 Å². The summed E-state index contributed by atoms with van der Waals surface area (Å²) in [5, 5.41) is 0.274. The lowest BCUT2D eigenvalue weighted by Crippen LogP contribution is -2.12. The summed E-state index contributed by atoms with van der Waals surface area (Å²) >= 11 is 3.09. The van der Waals surface area contributed by atoms with E-state index in [0.717, 1.165) is 0 Å². The summed E-state index contributed by atoms with van der Waals surface area (Å²) in [6.45, 7) is 2.02. The lowest BCUT2D eigenvalue weighted by molar-refractivity contribution is -0.115.